The molecule has 8 heteroatoms. The Labute approximate surface area is 181 Å². The van der Waals surface area contributed by atoms with E-state index in [1.54, 1.807) is 6.07 Å². The molecule has 3 atom stereocenters. The van der Waals surface area contributed by atoms with Crippen molar-refractivity contribution >= 4 is 23.6 Å². The highest BCUT2D eigenvalue weighted by Crippen LogP contribution is 2.37. The van der Waals surface area contributed by atoms with Gasteiger partial charge in [0.15, 0.2) is 0 Å². The van der Waals surface area contributed by atoms with Crippen molar-refractivity contribution in [2.45, 2.75) is 39.2 Å². The Morgan fingerprint density at radius 3 is 2.19 bits per heavy atom. The van der Waals surface area contributed by atoms with E-state index in [0.717, 1.165) is 4.90 Å². The van der Waals surface area contributed by atoms with Gasteiger partial charge in [0.25, 0.3) is 5.91 Å². The third-order valence-electron chi connectivity index (χ3n) is 5.68. The van der Waals surface area contributed by atoms with Gasteiger partial charge in [-0.25, -0.2) is 4.39 Å². The molecule has 1 aromatic rings. The number of imide groups is 1. The minimum Gasteiger partial charge on any atom is -0.353 e. The summed E-state index contributed by atoms with van der Waals surface area (Å²) in [4.78, 5) is 51.9. The SMILES string of the molecule is CC(C)CC(C(=O)NCCNC(=O)c1ccccc1F)N1C(=O)C2CC=CCC2C1=O. The largest absolute Gasteiger partial charge is 0.353 e. The Bertz CT molecular complexity index is 873. The first-order chi connectivity index (χ1) is 14.8. The van der Waals surface area contributed by atoms with Crippen molar-refractivity contribution in [3.63, 3.8) is 0 Å². The summed E-state index contributed by atoms with van der Waals surface area (Å²) in [5.74, 6) is -2.88. The second-order valence-electron chi connectivity index (χ2n) is 8.37. The van der Waals surface area contributed by atoms with Gasteiger partial charge in [-0.05, 0) is 37.3 Å². The number of halogens is 1. The van der Waals surface area contributed by atoms with Gasteiger partial charge in [-0.3, -0.25) is 24.1 Å². The second kappa shape index (κ2) is 9.85. The Hall–Kier alpha value is -3.03. The van der Waals surface area contributed by atoms with Gasteiger partial charge in [0.05, 0.1) is 17.4 Å². The average Bonchev–Trinajstić information content (AvgIpc) is 3.00. The molecule has 3 unspecified atom stereocenters. The van der Waals surface area contributed by atoms with E-state index in [1.165, 1.54) is 18.2 Å². The number of benzene rings is 1. The number of rotatable bonds is 8. The fraction of sp³-hybridized carbons (Fsp3) is 0.478. The van der Waals surface area contributed by atoms with E-state index in [-0.39, 0.29) is 48.2 Å². The summed E-state index contributed by atoms with van der Waals surface area (Å²) in [7, 11) is 0. The van der Waals surface area contributed by atoms with Gasteiger partial charge in [-0.2, -0.15) is 0 Å². The summed E-state index contributed by atoms with van der Waals surface area (Å²) in [6.45, 7) is 4.03. The maximum absolute atomic E-state index is 13.7. The molecular weight excluding hydrogens is 401 g/mol. The number of allylic oxidation sites excluding steroid dienone is 2. The van der Waals surface area contributed by atoms with Gasteiger partial charge in [-0.1, -0.05) is 38.1 Å². The van der Waals surface area contributed by atoms with E-state index < -0.39 is 23.7 Å². The standard InChI is InChI=1S/C23H28FN3O4/c1-14(2)13-19(27-22(30)15-7-3-4-8-16(15)23(27)31)21(29)26-12-11-25-20(28)17-9-5-6-10-18(17)24/h3-6,9-10,14-16,19H,7-8,11-13H2,1-2H3,(H,25,28)(H,26,29). The van der Waals surface area contributed by atoms with Gasteiger partial charge in [0, 0.05) is 13.1 Å². The molecule has 0 radical (unpaired) electrons. The third-order valence-corrected chi connectivity index (χ3v) is 5.68. The lowest BCUT2D eigenvalue weighted by Gasteiger charge is -2.27. The Morgan fingerprint density at radius 2 is 1.61 bits per heavy atom. The molecule has 0 spiro atoms. The predicted molar refractivity (Wildman–Crippen MR) is 112 cm³/mol. The topological polar surface area (TPSA) is 95.6 Å². The molecule has 1 aromatic carbocycles. The van der Waals surface area contributed by atoms with Crippen molar-refractivity contribution in [2.75, 3.05) is 13.1 Å². The molecule has 1 fully saturated rings. The van der Waals surface area contributed by atoms with Crippen molar-refractivity contribution in [2.24, 2.45) is 17.8 Å². The van der Waals surface area contributed by atoms with Crippen LogP contribution in [0, 0.1) is 23.6 Å². The predicted octanol–water partition coefficient (Wildman–Crippen LogP) is 2.04. The highest BCUT2D eigenvalue weighted by atomic mass is 19.1. The third kappa shape index (κ3) is 5.00. The van der Waals surface area contributed by atoms with E-state index in [0.29, 0.717) is 19.3 Å². The molecule has 2 aliphatic rings. The maximum atomic E-state index is 13.7. The summed E-state index contributed by atoms with van der Waals surface area (Å²) in [5.41, 5.74) is -0.0732. The van der Waals surface area contributed by atoms with Gasteiger partial charge in [-0.15, -0.1) is 0 Å². The van der Waals surface area contributed by atoms with Crippen LogP contribution in [0.4, 0.5) is 4.39 Å². The highest BCUT2D eigenvalue weighted by molar-refractivity contribution is 6.08. The first-order valence-corrected chi connectivity index (χ1v) is 10.6. The van der Waals surface area contributed by atoms with Crippen LogP contribution in [-0.2, 0) is 14.4 Å². The summed E-state index contributed by atoms with van der Waals surface area (Å²) < 4.78 is 13.7. The normalized spacial score (nSPS) is 21.2. The summed E-state index contributed by atoms with van der Waals surface area (Å²) in [5, 5.41) is 5.25. The number of hydrogen-bond acceptors (Lipinski definition) is 4. The Morgan fingerprint density at radius 1 is 1.03 bits per heavy atom. The molecule has 0 aromatic heterocycles. The minimum atomic E-state index is -0.882. The van der Waals surface area contributed by atoms with E-state index >= 15 is 0 Å². The van der Waals surface area contributed by atoms with Crippen LogP contribution < -0.4 is 10.6 Å². The molecule has 1 heterocycles. The molecule has 2 N–H and O–H groups in total. The lowest BCUT2D eigenvalue weighted by atomic mass is 9.85. The molecule has 31 heavy (non-hydrogen) atoms. The van der Waals surface area contributed by atoms with Crippen LogP contribution >= 0.6 is 0 Å². The number of likely N-dealkylation sites (tertiary alicyclic amines) is 1. The van der Waals surface area contributed by atoms with E-state index in [1.807, 2.05) is 26.0 Å². The summed E-state index contributed by atoms with van der Waals surface area (Å²) >= 11 is 0. The molecule has 7 nitrogen and oxygen atoms in total. The minimum absolute atomic E-state index is 0.0732. The van der Waals surface area contributed by atoms with Crippen molar-refractivity contribution < 1.29 is 23.6 Å². The van der Waals surface area contributed by atoms with Crippen LogP contribution in [-0.4, -0.2) is 47.7 Å². The molecule has 1 aliphatic heterocycles. The lowest BCUT2D eigenvalue weighted by Crippen LogP contribution is -2.51. The number of amides is 4. The van der Waals surface area contributed by atoms with Crippen LogP contribution in [0.2, 0.25) is 0 Å². The number of fused-ring (bicyclic) bond motifs is 1. The molecule has 4 amide bonds. The Balaban J connectivity index is 1.59. The van der Waals surface area contributed by atoms with Crippen LogP contribution in [0.3, 0.4) is 0 Å². The van der Waals surface area contributed by atoms with Crippen molar-refractivity contribution in [1.82, 2.24) is 15.5 Å². The van der Waals surface area contributed by atoms with Gasteiger partial charge in [0.2, 0.25) is 17.7 Å². The molecule has 0 saturated carbocycles. The zero-order valence-electron chi connectivity index (χ0n) is 17.8. The monoisotopic (exact) mass is 429 g/mol. The molecule has 166 valence electrons. The van der Waals surface area contributed by atoms with E-state index in [9.17, 15) is 23.6 Å². The van der Waals surface area contributed by atoms with Crippen LogP contribution in [0.15, 0.2) is 36.4 Å². The molecule has 1 aliphatic carbocycles. The van der Waals surface area contributed by atoms with E-state index in [4.69, 9.17) is 0 Å². The first kappa shape index (κ1) is 22.7. The number of nitrogens with zero attached hydrogens (tertiary/aromatic N) is 1. The number of carbonyl (C=O) groups excluding carboxylic acids is 4. The summed E-state index contributed by atoms with van der Waals surface area (Å²) in [6.07, 6.45) is 5.21. The molecular formula is C23H28FN3O4. The van der Waals surface area contributed by atoms with Crippen molar-refractivity contribution in [3.05, 3.63) is 47.8 Å². The smallest absolute Gasteiger partial charge is 0.254 e. The van der Waals surface area contributed by atoms with Crippen LogP contribution in [0.5, 0.6) is 0 Å². The second-order valence-corrected chi connectivity index (χ2v) is 8.37. The molecule has 1 saturated heterocycles. The quantitative estimate of drug-likeness (QED) is 0.376. The van der Waals surface area contributed by atoms with Gasteiger partial charge >= 0.3 is 0 Å². The van der Waals surface area contributed by atoms with Gasteiger partial charge < -0.3 is 10.6 Å². The zero-order chi connectivity index (χ0) is 22.5. The number of carbonyl (C=O) groups is 4. The fourth-order valence-electron chi connectivity index (χ4n) is 4.13. The summed E-state index contributed by atoms with van der Waals surface area (Å²) in [6, 6.07) is 4.75. The number of nitrogens with one attached hydrogen (secondary N) is 2. The van der Waals surface area contributed by atoms with Crippen molar-refractivity contribution in [3.8, 4) is 0 Å². The maximum Gasteiger partial charge on any atom is 0.254 e. The van der Waals surface area contributed by atoms with Crippen LogP contribution in [0.1, 0.15) is 43.5 Å². The van der Waals surface area contributed by atoms with Crippen molar-refractivity contribution in [1.29, 1.82) is 0 Å². The highest BCUT2D eigenvalue weighted by Gasteiger charge is 2.51. The zero-order valence-corrected chi connectivity index (χ0v) is 17.8. The fourth-order valence-corrected chi connectivity index (χ4v) is 4.13. The lowest BCUT2D eigenvalue weighted by molar-refractivity contribution is -0.148. The van der Waals surface area contributed by atoms with E-state index in [2.05, 4.69) is 10.6 Å². The molecule has 3 rings (SSSR count). The first-order valence-electron chi connectivity index (χ1n) is 10.6. The van der Waals surface area contributed by atoms with Crippen LogP contribution in [0.25, 0.3) is 0 Å². The average molecular weight is 429 g/mol. The molecule has 0 bridgehead atoms. The Kier molecular flexibility index (Phi) is 7.20. The van der Waals surface area contributed by atoms with Gasteiger partial charge in [0.1, 0.15) is 11.9 Å². The number of hydrogen-bond donors (Lipinski definition) is 2.